The van der Waals surface area contributed by atoms with E-state index in [1.165, 1.54) is 0 Å². The number of aliphatic carboxylic acids is 1. The molecule has 0 aliphatic rings. The van der Waals surface area contributed by atoms with Crippen LogP contribution in [0.2, 0.25) is 0 Å². The third-order valence-corrected chi connectivity index (χ3v) is 2.54. The van der Waals surface area contributed by atoms with Gasteiger partial charge in [-0.1, -0.05) is 0 Å². The van der Waals surface area contributed by atoms with E-state index < -0.39 is 18.4 Å². The number of nitrogens with one attached hydrogen (secondary N) is 2. The number of carboxylic acid groups (broad SMARTS) is 1. The summed E-state index contributed by atoms with van der Waals surface area (Å²) in [5.41, 5.74) is 0. The van der Waals surface area contributed by atoms with Gasteiger partial charge >= 0.3 is 12.0 Å². The fourth-order valence-corrected chi connectivity index (χ4v) is 1.49. The van der Waals surface area contributed by atoms with Crippen LogP contribution in [-0.2, 0) is 9.59 Å². The molecular weight excluding hydrogens is 264 g/mol. The first-order chi connectivity index (χ1) is 9.36. The summed E-state index contributed by atoms with van der Waals surface area (Å²) in [6.45, 7) is 3.22. The molecule has 0 bridgehead atoms. The first-order valence-corrected chi connectivity index (χ1v) is 6.52. The van der Waals surface area contributed by atoms with E-state index in [0.717, 1.165) is 13.0 Å². The van der Waals surface area contributed by atoms with E-state index in [1.807, 2.05) is 25.9 Å². The molecule has 3 N–H and O–H groups in total. The Bertz CT molecular complexity index is 333. The summed E-state index contributed by atoms with van der Waals surface area (Å²) in [4.78, 5) is 36.9. The second-order valence-corrected chi connectivity index (χ2v) is 4.57. The second kappa shape index (κ2) is 10.0. The molecule has 0 aromatic rings. The van der Waals surface area contributed by atoms with Crippen molar-refractivity contribution in [1.29, 1.82) is 0 Å². The lowest BCUT2D eigenvalue weighted by atomic mass is 10.3. The third-order valence-electron chi connectivity index (χ3n) is 2.54. The molecule has 0 aromatic heterocycles. The molecule has 0 fully saturated rings. The maximum absolute atomic E-state index is 11.8. The number of urea groups is 1. The normalized spacial score (nSPS) is 10.2. The van der Waals surface area contributed by atoms with Gasteiger partial charge < -0.3 is 25.5 Å². The second-order valence-electron chi connectivity index (χ2n) is 4.57. The summed E-state index contributed by atoms with van der Waals surface area (Å²) in [6.07, 6.45) is 0.847. The summed E-state index contributed by atoms with van der Waals surface area (Å²) >= 11 is 0. The highest BCUT2D eigenvalue weighted by molar-refractivity contribution is 5.86. The van der Waals surface area contributed by atoms with Crippen LogP contribution in [-0.4, -0.2) is 79.6 Å². The van der Waals surface area contributed by atoms with Crippen molar-refractivity contribution in [2.24, 2.45) is 0 Å². The van der Waals surface area contributed by atoms with Crippen molar-refractivity contribution in [2.75, 3.05) is 46.8 Å². The molecule has 0 aliphatic carbocycles. The lowest BCUT2D eigenvalue weighted by Gasteiger charge is -2.22. The molecule has 0 saturated carbocycles. The number of hydrogen-bond acceptors (Lipinski definition) is 4. The van der Waals surface area contributed by atoms with Gasteiger partial charge in [-0.3, -0.25) is 9.59 Å². The number of carbonyl (C=O) groups is 3. The number of amides is 3. The van der Waals surface area contributed by atoms with Crippen LogP contribution in [0, 0.1) is 0 Å². The first kappa shape index (κ1) is 18.2. The Balaban J connectivity index is 3.96. The maximum atomic E-state index is 11.8. The van der Waals surface area contributed by atoms with Gasteiger partial charge in [0.1, 0.15) is 6.54 Å². The van der Waals surface area contributed by atoms with Crippen molar-refractivity contribution < 1.29 is 19.5 Å². The summed E-state index contributed by atoms with van der Waals surface area (Å²) in [6, 6.07) is -0.322. The maximum Gasteiger partial charge on any atom is 0.322 e. The molecule has 8 nitrogen and oxygen atoms in total. The van der Waals surface area contributed by atoms with Gasteiger partial charge in [-0.2, -0.15) is 0 Å². The van der Waals surface area contributed by atoms with Crippen molar-refractivity contribution in [3.05, 3.63) is 0 Å². The smallest absolute Gasteiger partial charge is 0.322 e. The van der Waals surface area contributed by atoms with Gasteiger partial charge in [-0.15, -0.1) is 0 Å². The van der Waals surface area contributed by atoms with Crippen LogP contribution in [0.1, 0.15) is 13.3 Å². The van der Waals surface area contributed by atoms with Crippen LogP contribution in [0.4, 0.5) is 4.79 Å². The number of carboxylic acids is 1. The number of carbonyl (C=O) groups excluding carboxylic acids is 2. The zero-order chi connectivity index (χ0) is 15.5. The molecule has 0 heterocycles. The summed E-state index contributed by atoms with van der Waals surface area (Å²) < 4.78 is 0. The molecule has 3 amide bonds. The summed E-state index contributed by atoms with van der Waals surface area (Å²) in [5.74, 6) is -1.64. The predicted octanol–water partition coefficient (Wildman–Crippen LogP) is -0.830. The van der Waals surface area contributed by atoms with Crippen LogP contribution in [0.5, 0.6) is 0 Å². The van der Waals surface area contributed by atoms with E-state index in [1.54, 1.807) is 4.90 Å². The average Bonchev–Trinajstić information content (AvgIpc) is 2.38. The van der Waals surface area contributed by atoms with Gasteiger partial charge in [0.05, 0.1) is 6.54 Å². The lowest BCUT2D eigenvalue weighted by Crippen LogP contribution is -2.45. The fourth-order valence-electron chi connectivity index (χ4n) is 1.49. The molecule has 0 rings (SSSR count). The van der Waals surface area contributed by atoms with E-state index in [2.05, 4.69) is 10.6 Å². The minimum atomic E-state index is -1.12. The van der Waals surface area contributed by atoms with Gasteiger partial charge in [0.2, 0.25) is 5.91 Å². The Kier molecular flexibility index (Phi) is 9.10. The minimum absolute atomic E-state index is 0.226. The minimum Gasteiger partial charge on any atom is -0.480 e. The van der Waals surface area contributed by atoms with Crippen LogP contribution in [0.15, 0.2) is 0 Å². The fraction of sp³-hybridized carbons (Fsp3) is 0.750. The summed E-state index contributed by atoms with van der Waals surface area (Å²) in [5, 5.41) is 13.0. The molecule has 0 atom stereocenters. The van der Waals surface area contributed by atoms with Crippen LogP contribution >= 0.6 is 0 Å². The van der Waals surface area contributed by atoms with Gasteiger partial charge in [0, 0.05) is 13.1 Å². The molecule has 0 aromatic carbocycles. The largest absolute Gasteiger partial charge is 0.480 e. The van der Waals surface area contributed by atoms with Gasteiger partial charge in [-0.05, 0) is 34.0 Å². The first-order valence-electron chi connectivity index (χ1n) is 6.52. The number of nitrogens with zero attached hydrogens (tertiary/aromatic N) is 2. The molecule has 0 unspecified atom stereocenters. The van der Waals surface area contributed by atoms with Crippen molar-refractivity contribution in [2.45, 2.75) is 13.3 Å². The van der Waals surface area contributed by atoms with Crippen LogP contribution in [0.25, 0.3) is 0 Å². The molecule has 8 heteroatoms. The Morgan fingerprint density at radius 1 is 1.05 bits per heavy atom. The van der Waals surface area contributed by atoms with E-state index in [4.69, 9.17) is 5.11 Å². The molecule has 0 aliphatic heterocycles. The van der Waals surface area contributed by atoms with Gasteiger partial charge in [-0.25, -0.2) is 4.79 Å². The van der Waals surface area contributed by atoms with Crippen molar-refractivity contribution >= 4 is 17.9 Å². The molecule has 0 saturated heterocycles. The van der Waals surface area contributed by atoms with Crippen LogP contribution < -0.4 is 10.6 Å². The number of rotatable bonds is 9. The highest BCUT2D eigenvalue weighted by Crippen LogP contribution is 1.93. The molecule has 0 radical (unpaired) electrons. The molecule has 116 valence electrons. The Hall–Kier alpha value is -1.83. The van der Waals surface area contributed by atoms with Crippen molar-refractivity contribution in [3.63, 3.8) is 0 Å². The monoisotopic (exact) mass is 288 g/mol. The Labute approximate surface area is 119 Å². The SMILES string of the molecule is CCN(CCCN(C)C)C(=O)NCC(=O)NCC(=O)O. The van der Waals surface area contributed by atoms with E-state index in [0.29, 0.717) is 13.1 Å². The number of hydrogen-bond donors (Lipinski definition) is 3. The zero-order valence-electron chi connectivity index (χ0n) is 12.3. The van der Waals surface area contributed by atoms with E-state index in [-0.39, 0.29) is 12.6 Å². The van der Waals surface area contributed by atoms with E-state index >= 15 is 0 Å². The summed E-state index contributed by atoms with van der Waals surface area (Å²) in [7, 11) is 3.92. The molecule has 20 heavy (non-hydrogen) atoms. The topological polar surface area (TPSA) is 102 Å². The predicted molar refractivity (Wildman–Crippen MR) is 74.5 cm³/mol. The zero-order valence-corrected chi connectivity index (χ0v) is 12.3. The lowest BCUT2D eigenvalue weighted by molar-refractivity contribution is -0.137. The molecule has 0 spiro atoms. The van der Waals surface area contributed by atoms with Gasteiger partial charge in [0.15, 0.2) is 0 Å². The molecular formula is C12H24N4O4. The average molecular weight is 288 g/mol. The van der Waals surface area contributed by atoms with Gasteiger partial charge in [0.25, 0.3) is 0 Å². The third kappa shape index (κ3) is 9.15. The van der Waals surface area contributed by atoms with Crippen LogP contribution in [0.3, 0.4) is 0 Å². The quantitative estimate of drug-likeness (QED) is 0.514. The van der Waals surface area contributed by atoms with Crippen molar-refractivity contribution in [3.8, 4) is 0 Å². The highest BCUT2D eigenvalue weighted by atomic mass is 16.4. The highest BCUT2D eigenvalue weighted by Gasteiger charge is 2.12. The standard InChI is InChI=1S/C12H24N4O4/c1-4-16(7-5-6-15(2)3)12(20)14-8-10(17)13-9-11(18)19/h4-9H2,1-3H3,(H,13,17)(H,14,20)(H,18,19). The van der Waals surface area contributed by atoms with Crippen molar-refractivity contribution in [1.82, 2.24) is 20.4 Å². The Morgan fingerprint density at radius 2 is 1.70 bits per heavy atom. The van der Waals surface area contributed by atoms with E-state index in [9.17, 15) is 14.4 Å². The Morgan fingerprint density at radius 3 is 2.20 bits per heavy atom.